The van der Waals surface area contributed by atoms with Crippen LogP contribution in [0.15, 0.2) is 16.9 Å². The third-order valence-corrected chi connectivity index (χ3v) is 2.35. The van der Waals surface area contributed by atoms with Crippen LogP contribution in [-0.2, 0) is 13.0 Å². The number of rotatable bonds is 3. The number of nitrogens with zero attached hydrogens (tertiary/aromatic N) is 1. The molecule has 80 valence electrons. The molecule has 0 saturated heterocycles. The zero-order valence-corrected chi connectivity index (χ0v) is 9.58. The lowest BCUT2D eigenvalue weighted by molar-refractivity contribution is 0.582. The SMILES string of the molecule is C#Cc1ccc(CC(C)C)n(CC)c1=O. The van der Waals surface area contributed by atoms with Crippen LogP contribution in [0.1, 0.15) is 32.0 Å². The first kappa shape index (κ1) is 11.6. The fourth-order valence-electron chi connectivity index (χ4n) is 1.67. The molecular weight excluding hydrogens is 186 g/mol. The minimum atomic E-state index is -0.0434. The van der Waals surface area contributed by atoms with Crippen molar-refractivity contribution in [3.63, 3.8) is 0 Å². The summed E-state index contributed by atoms with van der Waals surface area (Å²) in [5.74, 6) is 2.96. The molecule has 1 rings (SSSR count). The molecule has 0 amide bonds. The molecule has 0 atom stereocenters. The molecule has 1 heterocycles. The van der Waals surface area contributed by atoms with E-state index >= 15 is 0 Å². The first-order chi connectivity index (χ1) is 7.10. The van der Waals surface area contributed by atoms with E-state index in [2.05, 4.69) is 19.8 Å². The molecule has 0 unspecified atom stereocenters. The van der Waals surface area contributed by atoms with Crippen LogP contribution in [-0.4, -0.2) is 4.57 Å². The van der Waals surface area contributed by atoms with Gasteiger partial charge in [-0.05, 0) is 31.4 Å². The highest BCUT2D eigenvalue weighted by Gasteiger charge is 2.07. The minimum absolute atomic E-state index is 0.0434. The molecule has 0 saturated carbocycles. The lowest BCUT2D eigenvalue weighted by atomic mass is 10.1. The first-order valence-corrected chi connectivity index (χ1v) is 5.29. The second-order valence-electron chi connectivity index (χ2n) is 4.03. The zero-order chi connectivity index (χ0) is 11.4. The van der Waals surface area contributed by atoms with Gasteiger partial charge in [-0.1, -0.05) is 19.8 Å². The molecule has 0 spiro atoms. The quantitative estimate of drug-likeness (QED) is 0.689. The predicted molar refractivity (Wildman–Crippen MR) is 62.9 cm³/mol. The number of aromatic nitrogens is 1. The molecular formula is C13H17NO. The van der Waals surface area contributed by atoms with E-state index in [1.165, 1.54) is 0 Å². The topological polar surface area (TPSA) is 22.0 Å². The fourth-order valence-corrected chi connectivity index (χ4v) is 1.67. The van der Waals surface area contributed by atoms with Gasteiger partial charge in [0.1, 0.15) is 0 Å². The van der Waals surface area contributed by atoms with Crippen molar-refractivity contribution in [2.75, 3.05) is 0 Å². The normalized spacial score (nSPS) is 10.3. The predicted octanol–water partition coefficient (Wildman–Crippen LogP) is 2.05. The van der Waals surface area contributed by atoms with Gasteiger partial charge in [0, 0.05) is 12.2 Å². The van der Waals surface area contributed by atoms with Gasteiger partial charge in [-0.3, -0.25) is 4.79 Å². The van der Waals surface area contributed by atoms with Crippen molar-refractivity contribution in [3.05, 3.63) is 33.7 Å². The Morgan fingerprint density at radius 3 is 2.60 bits per heavy atom. The highest BCUT2D eigenvalue weighted by molar-refractivity contribution is 5.31. The van der Waals surface area contributed by atoms with Crippen LogP contribution in [0.5, 0.6) is 0 Å². The molecule has 2 heteroatoms. The van der Waals surface area contributed by atoms with Crippen molar-refractivity contribution in [2.24, 2.45) is 5.92 Å². The highest BCUT2D eigenvalue weighted by atomic mass is 16.1. The molecule has 0 N–H and O–H groups in total. The number of pyridine rings is 1. The molecule has 1 aromatic heterocycles. The third-order valence-electron chi connectivity index (χ3n) is 2.35. The highest BCUT2D eigenvalue weighted by Crippen LogP contribution is 2.07. The Kier molecular flexibility index (Phi) is 3.74. The Morgan fingerprint density at radius 1 is 1.47 bits per heavy atom. The lowest BCUT2D eigenvalue weighted by Gasteiger charge is -2.12. The van der Waals surface area contributed by atoms with Gasteiger partial charge in [-0.15, -0.1) is 6.42 Å². The maximum atomic E-state index is 11.9. The van der Waals surface area contributed by atoms with E-state index in [-0.39, 0.29) is 5.56 Å². The summed E-state index contributed by atoms with van der Waals surface area (Å²) in [5, 5.41) is 0. The molecule has 0 radical (unpaired) electrons. The van der Waals surface area contributed by atoms with Crippen molar-refractivity contribution in [2.45, 2.75) is 33.7 Å². The summed E-state index contributed by atoms with van der Waals surface area (Å²) in [6, 6.07) is 3.70. The van der Waals surface area contributed by atoms with Gasteiger partial charge in [0.05, 0.1) is 5.56 Å². The van der Waals surface area contributed by atoms with Crippen molar-refractivity contribution >= 4 is 0 Å². The van der Waals surface area contributed by atoms with Gasteiger partial charge >= 0.3 is 0 Å². The van der Waals surface area contributed by atoms with Crippen LogP contribution >= 0.6 is 0 Å². The van der Waals surface area contributed by atoms with Crippen molar-refractivity contribution < 1.29 is 0 Å². The Labute approximate surface area is 90.9 Å². The zero-order valence-electron chi connectivity index (χ0n) is 9.58. The van der Waals surface area contributed by atoms with Crippen LogP contribution in [0.4, 0.5) is 0 Å². The largest absolute Gasteiger partial charge is 0.312 e. The monoisotopic (exact) mass is 203 g/mol. The van der Waals surface area contributed by atoms with Crippen LogP contribution in [0.25, 0.3) is 0 Å². The minimum Gasteiger partial charge on any atom is -0.312 e. The van der Waals surface area contributed by atoms with E-state index in [0.29, 0.717) is 18.0 Å². The first-order valence-electron chi connectivity index (χ1n) is 5.29. The van der Waals surface area contributed by atoms with Crippen LogP contribution in [0, 0.1) is 18.3 Å². The molecule has 2 nitrogen and oxygen atoms in total. The van der Waals surface area contributed by atoms with Crippen molar-refractivity contribution in [3.8, 4) is 12.3 Å². The number of terminal acetylenes is 1. The van der Waals surface area contributed by atoms with Gasteiger partial charge in [0.2, 0.25) is 0 Å². The van der Waals surface area contributed by atoms with Crippen molar-refractivity contribution in [1.82, 2.24) is 4.57 Å². The summed E-state index contributed by atoms with van der Waals surface area (Å²) in [7, 11) is 0. The second-order valence-corrected chi connectivity index (χ2v) is 4.03. The molecule has 0 aliphatic rings. The Morgan fingerprint density at radius 2 is 2.13 bits per heavy atom. The molecule has 0 aromatic carbocycles. The van der Waals surface area contributed by atoms with E-state index in [4.69, 9.17) is 6.42 Å². The summed E-state index contributed by atoms with van der Waals surface area (Å²) >= 11 is 0. The summed E-state index contributed by atoms with van der Waals surface area (Å²) in [6.07, 6.45) is 6.17. The average molecular weight is 203 g/mol. The molecule has 1 aromatic rings. The van der Waals surface area contributed by atoms with Gasteiger partial charge in [0.25, 0.3) is 5.56 Å². The summed E-state index contributed by atoms with van der Waals surface area (Å²) in [5.41, 5.74) is 1.47. The summed E-state index contributed by atoms with van der Waals surface area (Å²) in [6.45, 7) is 6.92. The Hall–Kier alpha value is -1.49. The number of hydrogen-bond acceptors (Lipinski definition) is 1. The lowest BCUT2D eigenvalue weighted by Crippen LogP contribution is -2.25. The molecule has 0 aliphatic carbocycles. The van der Waals surface area contributed by atoms with Gasteiger partial charge in [-0.25, -0.2) is 0 Å². The van der Waals surface area contributed by atoms with Gasteiger partial charge in [-0.2, -0.15) is 0 Å². The number of hydrogen-bond donors (Lipinski definition) is 0. The standard InChI is InChI=1S/C13H17NO/c1-5-11-7-8-12(9-10(3)4)14(6-2)13(11)15/h1,7-8,10H,6,9H2,2-4H3. The maximum Gasteiger partial charge on any atom is 0.266 e. The smallest absolute Gasteiger partial charge is 0.266 e. The molecule has 0 fully saturated rings. The van der Waals surface area contributed by atoms with E-state index < -0.39 is 0 Å². The second kappa shape index (κ2) is 4.84. The van der Waals surface area contributed by atoms with Gasteiger partial charge in [0.15, 0.2) is 0 Å². The molecule has 15 heavy (non-hydrogen) atoms. The third kappa shape index (κ3) is 2.50. The summed E-state index contributed by atoms with van der Waals surface area (Å²) in [4.78, 5) is 11.9. The van der Waals surface area contributed by atoms with Crippen LogP contribution in [0.2, 0.25) is 0 Å². The fraction of sp³-hybridized carbons (Fsp3) is 0.462. The van der Waals surface area contributed by atoms with Crippen LogP contribution in [0.3, 0.4) is 0 Å². The summed E-state index contributed by atoms with van der Waals surface area (Å²) < 4.78 is 1.76. The van der Waals surface area contributed by atoms with E-state index in [1.54, 1.807) is 10.6 Å². The van der Waals surface area contributed by atoms with Crippen molar-refractivity contribution in [1.29, 1.82) is 0 Å². The molecule has 0 bridgehead atoms. The molecule has 0 aliphatic heterocycles. The Bertz CT molecular complexity index is 435. The van der Waals surface area contributed by atoms with E-state index in [9.17, 15) is 4.79 Å². The van der Waals surface area contributed by atoms with E-state index in [0.717, 1.165) is 12.1 Å². The average Bonchev–Trinajstić information content (AvgIpc) is 2.18. The van der Waals surface area contributed by atoms with Crippen LogP contribution < -0.4 is 5.56 Å². The maximum absolute atomic E-state index is 11.9. The Balaban J connectivity index is 3.26. The van der Waals surface area contributed by atoms with E-state index in [1.807, 2.05) is 13.0 Å². The van der Waals surface area contributed by atoms with Gasteiger partial charge < -0.3 is 4.57 Å².